The number of aliphatic hydroxyl groups is 1. The molecule has 4 rings (SSSR count). The summed E-state index contributed by atoms with van der Waals surface area (Å²) in [4.78, 5) is 27.7. The fourth-order valence-electron chi connectivity index (χ4n) is 3.93. The van der Waals surface area contributed by atoms with Gasteiger partial charge in [0, 0.05) is 16.3 Å². The fourth-order valence-corrected chi connectivity index (χ4v) is 4.06. The number of anilines is 1. The highest BCUT2D eigenvalue weighted by Gasteiger charge is 2.46. The molecular formula is C27H24ClNO3. The summed E-state index contributed by atoms with van der Waals surface area (Å²) >= 11 is 5.98. The van der Waals surface area contributed by atoms with E-state index in [1.165, 1.54) is 4.90 Å². The number of aliphatic hydroxyl groups excluding tert-OH is 1. The van der Waals surface area contributed by atoms with E-state index < -0.39 is 17.7 Å². The lowest BCUT2D eigenvalue weighted by molar-refractivity contribution is -0.132. The lowest BCUT2D eigenvalue weighted by Crippen LogP contribution is -2.29. The molecule has 4 nitrogen and oxygen atoms in total. The van der Waals surface area contributed by atoms with Gasteiger partial charge < -0.3 is 5.11 Å². The molecule has 0 spiro atoms. The maximum absolute atomic E-state index is 13.1. The first-order valence-corrected chi connectivity index (χ1v) is 10.8. The predicted molar refractivity (Wildman–Crippen MR) is 128 cm³/mol. The number of para-hydroxylation sites is 1. The molecule has 0 aromatic heterocycles. The van der Waals surface area contributed by atoms with Crippen molar-refractivity contribution < 1.29 is 14.7 Å². The summed E-state index contributed by atoms with van der Waals surface area (Å²) in [5.74, 6) is -1.61. The number of halogens is 1. The number of carbonyl (C=O) groups excluding carboxylic acids is 2. The molecule has 3 aromatic carbocycles. The van der Waals surface area contributed by atoms with Crippen LogP contribution in [0.5, 0.6) is 0 Å². The zero-order valence-corrected chi connectivity index (χ0v) is 18.9. The molecule has 1 aliphatic rings. The summed E-state index contributed by atoms with van der Waals surface area (Å²) in [5.41, 5.74) is 2.92. The number of carbonyl (C=O) groups is 2. The lowest BCUT2D eigenvalue weighted by Gasteiger charge is -2.26. The minimum Gasteiger partial charge on any atom is -0.507 e. The van der Waals surface area contributed by atoms with E-state index in [1.54, 1.807) is 36.4 Å². The molecule has 32 heavy (non-hydrogen) atoms. The van der Waals surface area contributed by atoms with E-state index in [4.69, 9.17) is 11.6 Å². The van der Waals surface area contributed by atoms with Gasteiger partial charge in [0.25, 0.3) is 11.7 Å². The molecule has 0 aliphatic carbocycles. The van der Waals surface area contributed by atoms with Crippen LogP contribution >= 0.6 is 11.6 Å². The Hall–Kier alpha value is -3.37. The smallest absolute Gasteiger partial charge is 0.300 e. The standard InChI is InChI=1S/C27H24ClNO3/c1-27(2,3)19-13-9-17(10-14-19)23-22(24(30)18-11-15-20(28)16-12-18)25(31)26(32)29(23)21-7-5-4-6-8-21/h4-16,23,30H,1-3H3/b24-22-. The average Bonchev–Trinajstić information content (AvgIpc) is 3.04. The van der Waals surface area contributed by atoms with E-state index >= 15 is 0 Å². The van der Waals surface area contributed by atoms with E-state index in [9.17, 15) is 14.7 Å². The summed E-state index contributed by atoms with van der Waals surface area (Å²) < 4.78 is 0. The zero-order chi connectivity index (χ0) is 23.0. The van der Waals surface area contributed by atoms with E-state index in [-0.39, 0.29) is 16.7 Å². The van der Waals surface area contributed by atoms with Crippen LogP contribution in [0.15, 0.2) is 84.4 Å². The van der Waals surface area contributed by atoms with Crippen molar-refractivity contribution in [2.24, 2.45) is 0 Å². The highest BCUT2D eigenvalue weighted by atomic mass is 35.5. The van der Waals surface area contributed by atoms with Crippen molar-refractivity contribution in [2.75, 3.05) is 4.90 Å². The molecule has 0 bridgehead atoms. The Balaban J connectivity index is 1.91. The summed E-state index contributed by atoms with van der Waals surface area (Å²) in [6.45, 7) is 6.37. The monoisotopic (exact) mass is 445 g/mol. The Kier molecular flexibility index (Phi) is 5.66. The molecule has 1 fully saturated rings. The third-order valence-corrected chi connectivity index (χ3v) is 5.94. The summed E-state index contributed by atoms with van der Waals surface area (Å²) in [6.07, 6.45) is 0. The molecule has 5 heteroatoms. The zero-order valence-electron chi connectivity index (χ0n) is 18.2. The van der Waals surface area contributed by atoms with Crippen LogP contribution in [0.25, 0.3) is 5.76 Å². The largest absolute Gasteiger partial charge is 0.507 e. The van der Waals surface area contributed by atoms with Gasteiger partial charge in [0.2, 0.25) is 0 Å². The minimum atomic E-state index is -0.748. The van der Waals surface area contributed by atoms with Crippen LogP contribution < -0.4 is 4.90 Å². The number of amides is 1. The molecule has 1 atom stereocenters. The number of Topliss-reactive ketones (excluding diaryl/α,β-unsaturated/α-hetero) is 1. The van der Waals surface area contributed by atoms with E-state index in [1.807, 2.05) is 42.5 Å². The minimum absolute atomic E-state index is 0.0386. The average molecular weight is 446 g/mol. The number of nitrogens with zero attached hydrogens (tertiary/aromatic N) is 1. The second-order valence-electron chi connectivity index (χ2n) is 8.88. The van der Waals surface area contributed by atoms with Gasteiger partial charge in [-0.3, -0.25) is 14.5 Å². The van der Waals surface area contributed by atoms with Crippen molar-refractivity contribution >= 4 is 34.7 Å². The molecule has 1 heterocycles. The summed E-state index contributed by atoms with van der Waals surface area (Å²) in [5, 5.41) is 11.6. The molecule has 1 unspecified atom stereocenters. The van der Waals surface area contributed by atoms with Crippen LogP contribution in [0.2, 0.25) is 5.02 Å². The Labute approximate surface area is 192 Å². The maximum atomic E-state index is 13.1. The van der Waals surface area contributed by atoms with Gasteiger partial charge in [0.15, 0.2) is 0 Å². The van der Waals surface area contributed by atoms with Gasteiger partial charge in [0.05, 0.1) is 11.6 Å². The van der Waals surface area contributed by atoms with Gasteiger partial charge in [-0.1, -0.05) is 74.8 Å². The first-order chi connectivity index (χ1) is 15.2. The second kappa shape index (κ2) is 8.29. The van der Waals surface area contributed by atoms with Crippen molar-refractivity contribution in [3.05, 3.63) is 106 Å². The van der Waals surface area contributed by atoms with E-state index in [0.717, 1.165) is 11.1 Å². The summed E-state index contributed by atoms with van der Waals surface area (Å²) in [6, 6.07) is 22.7. The second-order valence-corrected chi connectivity index (χ2v) is 9.32. The van der Waals surface area contributed by atoms with Crippen LogP contribution in [0, 0.1) is 0 Å². The highest BCUT2D eigenvalue weighted by Crippen LogP contribution is 2.42. The van der Waals surface area contributed by atoms with Crippen LogP contribution in [0.1, 0.15) is 43.5 Å². The van der Waals surface area contributed by atoms with Crippen LogP contribution in [-0.2, 0) is 15.0 Å². The Morgan fingerprint density at radius 3 is 2.03 bits per heavy atom. The Bertz CT molecular complexity index is 1190. The molecule has 162 valence electrons. The molecule has 0 saturated carbocycles. The number of ketones is 1. The fraction of sp³-hybridized carbons (Fsp3) is 0.185. The van der Waals surface area contributed by atoms with Gasteiger partial charge >= 0.3 is 0 Å². The molecule has 3 aromatic rings. The normalized spacial score (nSPS) is 18.2. The first-order valence-electron chi connectivity index (χ1n) is 10.4. The topological polar surface area (TPSA) is 57.6 Å². The van der Waals surface area contributed by atoms with Crippen molar-refractivity contribution in [3.63, 3.8) is 0 Å². The third kappa shape index (κ3) is 3.94. The SMILES string of the molecule is CC(C)(C)c1ccc(C2/C(=C(/O)c3ccc(Cl)cc3)C(=O)C(=O)N2c2ccccc2)cc1. The summed E-state index contributed by atoms with van der Waals surface area (Å²) in [7, 11) is 0. The quantitative estimate of drug-likeness (QED) is 0.294. The van der Waals surface area contributed by atoms with Gasteiger partial charge in [-0.2, -0.15) is 0 Å². The molecule has 1 saturated heterocycles. The highest BCUT2D eigenvalue weighted by molar-refractivity contribution is 6.51. The van der Waals surface area contributed by atoms with Crippen molar-refractivity contribution in [1.29, 1.82) is 0 Å². The van der Waals surface area contributed by atoms with Crippen molar-refractivity contribution in [3.8, 4) is 0 Å². The van der Waals surface area contributed by atoms with E-state index in [2.05, 4.69) is 20.8 Å². The van der Waals surface area contributed by atoms with Crippen molar-refractivity contribution in [2.45, 2.75) is 32.2 Å². The van der Waals surface area contributed by atoms with Crippen LogP contribution in [0.4, 0.5) is 5.69 Å². The third-order valence-electron chi connectivity index (χ3n) is 5.69. The Morgan fingerprint density at radius 1 is 0.875 bits per heavy atom. The molecule has 1 aliphatic heterocycles. The number of hydrogen-bond acceptors (Lipinski definition) is 3. The number of hydrogen-bond donors (Lipinski definition) is 1. The predicted octanol–water partition coefficient (Wildman–Crippen LogP) is 6.26. The molecule has 0 radical (unpaired) electrons. The Morgan fingerprint density at radius 2 is 1.47 bits per heavy atom. The van der Waals surface area contributed by atoms with Gasteiger partial charge in [0.1, 0.15) is 5.76 Å². The number of rotatable bonds is 3. The molecule has 1 N–H and O–H groups in total. The van der Waals surface area contributed by atoms with E-state index in [0.29, 0.717) is 16.3 Å². The van der Waals surface area contributed by atoms with Crippen LogP contribution in [-0.4, -0.2) is 16.8 Å². The lowest BCUT2D eigenvalue weighted by atomic mass is 9.85. The number of benzene rings is 3. The van der Waals surface area contributed by atoms with Gasteiger partial charge in [-0.25, -0.2) is 0 Å². The molecular weight excluding hydrogens is 422 g/mol. The van der Waals surface area contributed by atoms with Gasteiger partial charge in [-0.05, 0) is 52.9 Å². The molecule has 1 amide bonds. The maximum Gasteiger partial charge on any atom is 0.300 e. The van der Waals surface area contributed by atoms with Gasteiger partial charge in [-0.15, -0.1) is 0 Å². The van der Waals surface area contributed by atoms with Crippen LogP contribution in [0.3, 0.4) is 0 Å². The first kappa shape index (κ1) is 21.8. The van der Waals surface area contributed by atoms with Crippen molar-refractivity contribution in [1.82, 2.24) is 0 Å².